The molecule has 0 bridgehead atoms. The van der Waals surface area contributed by atoms with Crippen LogP contribution in [0.1, 0.15) is 11.1 Å². The van der Waals surface area contributed by atoms with E-state index in [4.69, 9.17) is 0 Å². The fourth-order valence-corrected chi connectivity index (χ4v) is 9.49. The molecule has 7 heteroatoms. The first kappa shape index (κ1) is 46.8. The van der Waals surface area contributed by atoms with Crippen LogP contribution in [-0.2, 0) is 0 Å². The van der Waals surface area contributed by atoms with Crippen LogP contribution in [0.5, 0.6) is 0 Å². The Morgan fingerprint density at radius 1 is 0.160 bits per heavy atom. The summed E-state index contributed by atoms with van der Waals surface area (Å²) in [6.07, 6.45) is 0. The molecular formula is C68H49N7. The Morgan fingerprint density at radius 2 is 0.280 bits per heavy atom. The maximum atomic E-state index is 9.50. The lowest BCUT2D eigenvalue weighted by molar-refractivity contribution is 1.24. The molecule has 0 N–H and O–H groups in total. The van der Waals surface area contributed by atoms with Gasteiger partial charge in [0.1, 0.15) is 0 Å². The van der Waals surface area contributed by atoms with Crippen LogP contribution in [0.25, 0.3) is 0 Å². The lowest BCUT2D eigenvalue weighted by Crippen LogP contribution is -2.13. The molecule has 0 fully saturated rings. The summed E-state index contributed by atoms with van der Waals surface area (Å²) in [7, 11) is 0. The molecule has 0 aromatic heterocycles. The van der Waals surface area contributed by atoms with Crippen molar-refractivity contribution >= 4 is 85.3 Å². The van der Waals surface area contributed by atoms with Gasteiger partial charge in [-0.2, -0.15) is 10.5 Å². The van der Waals surface area contributed by atoms with Crippen molar-refractivity contribution in [2.45, 2.75) is 0 Å². The monoisotopic (exact) mass is 963 g/mol. The van der Waals surface area contributed by atoms with Crippen LogP contribution in [0.3, 0.4) is 0 Å². The van der Waals surface area contributed by atoms with E-state index in [0.717, 1.165) is 85.3 Å². The van der Waals surface area contributed by atoms with Crippen LogP contribution in [0, 0.1) is 22.7 Å². The minimum Gasteiger partial charge on any atom is -0.311 e. The van der Waals surface area contributed by atoms with E-state index in [2.05, 4.69) is 231 Å². The van der Waals surface area contributed by atoms with E-state index in [0.29, 0.717) is 11.1 Å². The maximum absolute atomic E-state index is 9.50. The summed E-state index contributed by atoms with van der Waals surface area (Å²) in [5, 5.41) is 19.0. The lowest BCUT2D eigenvalue weighted by atomic mass is 10.1. The molecular weight excluding hydrogens is 915 g/mol. The minimum atomic E-state index is 0.621. The number of benzene rings is 11. The highest BCUT2D eigenvalue weighted by atomic mass is 15.2. The van der Waals surface area contributed by atoms with Crippen molar-refractivity contribution in [1.82, 2.24) is 0 Å². The third kappa shape index (κ3) is 10.2. The zero-order valence-corrected chi connectivity index (χ0v) is 40.9. The molecule has 0 spiro atoms. The predicted octanol–water partition coefficient (Wildman–Crippen LogP) is 18.8. The predicted molar refractivity (Wildman–Crippen MR) is 309 cm³/mol. The molecule has 0 radical (unpaired) electrons. The summed E-state index contributed by atoms with van der Waals surface area (Å²) in [6.45, 7) is 0. The third-order valence-electron chi connectivity index (χ3n) is 13.0. The van der Waals surface area contributed by atoms with E-state index in [1.165, 1.54) is 0 Å². The standard InChI is InChI=1S/C68H49N7/c69-50-52-26-30-59(31-27-52)71(54-16-6-1-7-17-54)61-34-38-63(39-35-61)73(56-20-10-3-11-21-56)65-42-46-67(47-43-65)75(58-24-14-5-15-25-58)68-48-44-66(45-49-68)74(57-22-12-4-13-23-57)64-40-36-62(37-41-64)72(55-18-8-2-9-19-55)60-32-28-53(51-70)29-33-60/h1-49H. The number of para-hydroxylation sites is 5. The summed E-state index contributed by atoms with van der Waals surface area (Å²) < 4.78 is 0. The van der Waals surface area contributed by atoms with Gasteiger partial charge in [-0.25, -0.2) is 0 Å². The topological polar surface area (TPSA) is 63.8 Å². The Kier molecular flexibility index (Phi) is 13.6. The number of anilines is 15. The first-order valence-electron chi connectivity index (χ1n) is 24.8. The molecule has 7 nitrogen and oxygen atoms in total. The fraction of sp³-hybridized carbons (Fsp3) is 0. The van der Waals surface area contributed by atoms with Gasteiger partial charge in [0.15, 0.2) is 0 Å². The van der Waals surface area contributed by atoms with E-state index < -0.39 is 0 Å². The van der Waals surface area contributed by atoms with Gasteiger partial charge in [-0.05, 0) is 206 Å². The van der Waals surface area contributed by atoms with Crippen LogP contribution in [-0.4, -0.2) is 0 Å². The number of rotatable bonds is 15. The maximum Gasteiger partial charge on any atom is 0.0991 e. The summed E-state index contributed by atoms with van der Waals surface area (Å²) in [5.41, 5.74) is 16.4. The smallest absolute Gasteiger partial charge is 0.0991 e. The molecule has 11 aromatic rings. The second-order valence-electron chi connectivity index (χ2n) is 17.7. The van der Waals surface area contributed by atoms with Gasteiger partial charge in [0.2, 0.25) is 0 Å². The summed E-state index contributed by atoms with van der Waals surface area (Å²) in [5.74, 6) is 0. The van der Waals surface area contributed by atoms with Gasteiger partial charge in [0.05, 0.1) is 23.3 Å². The Labute approximate surface area is 438 Å². The Morgan fingerprint density at radius 3 is 0.413 bits per heavy atom. The molecule has 0 atom stereocenters. The van der Waals surface area contributed by atoms with Crippen LogP contribution in [0.15, 0.2) is 297 Å². The van der Waals surface area contributed by atoms with Crippen molar-refractivity contribution in [3.63, 3.8) is 0 Å². The van der Waals surface area contributed by atoms with Gasteiger partial charge in [-0.1, -0.05) is 91.0 Å². The fourth-order valence-electron chi connectivity index (χ4n) is 9.49. The minimum absolute atomic E-state index is 0.621. The first-order valence-corrected chi connectivity index (χ1v) is 24.8. The van der Waals surface area contributed by atoms with Gasteiger partial charge in [0.25, 0.3) is 0 Å². The van der Waals surface area contributed by atoms with E-state index >= 15 is 0 Å². The summed E-state index contributed by atoms with van der Waals surface area (Å²) >= 11 is 0. The van der Waals surface area contributed by atoms with E-state index in [9.17, 15) is 10.5 Å². The zero-order chi connectivity index (χ0) is 50.8. The third-order valence-corrected chi connectivity index (χ3v) is 13.0. The molecule has 356 valence electrons. The quantitative estimate of drug-likeness (QED) is 0.101. The van der Waals surface area contributed by atoms with Crippen molar-refractivity contribution in [1.29, 1.82) is 10.5 Å². The number of nitrogens with zero attached hydrogens (tertiary/aromatic N) is 7. The summed E-state index contributed by atoms with van der Waals surface area (Å²) in [6, 6.07) is 107. The largest absolute Gasteiger partial charge is 0.311 e. The average Bonchev–Trinajstić information content (AvgIpc) is 3.49. The highest BCUT2D eigenvalue weighted by Crippen LogP contribution is 2.44. The molecule has 75 heavy (non-hydrogen) atoms. The van der Waals surface area contributed by atoms with Gasteiger partial charge in [-0.3, -0.25) is 0 Å². The number of hydrogen-bond donors (Lipinski definition) is 0. The molecule has 0 saturated carbocycles. The first-order chi connectivity index (χ1) is 37.1. The van der Waals surface area contributed by atoms with Gasteiger partial charge < -0.3 is 24.5 Å². The van der Waals surface area contributed by atoms with Crippen molar-refractivity contribution in [2.75, 3.05) is 24.5 Å². The SMILES string of the molecule is N#Cc1ccc(N(c2ccccc2)c2ccc(N(c3ccccc3)c3ccc(N(c4ccccc4)c4ccc(N(c5ccccc5)c5ccc(N(c6ccccc6)c6ccc(C#N)cc6)cc5)cc4)cc3)cc2)cc1. The van der Waals surface area contributed by atoms with Crippen LogP contribution in [0.4, 0.5) is 85.3 Å². The Hall–Kier alpha value is -10.6. The number of hydrogen-bond acceptors (Lipinski definition) is 7. The molecule has 11 aromatic carbocycles. The van der Waals surface area contributed by atoms with Crippen molar-refractivity contribution < 1.29 is 0 Å². The molecule has 0 aliphatic rings. The second kappa shape index (κ2) is 21.8. The van der Waals surface area contributed by atoms with E-state index in [1.807, 2.05) is 103 Å². The average molecular weight is 964 g/mol. The highest BCUT2D eigenvalue weighted by molar-refractivity contribution is 5.86. The van der Waals surface area contributed by atoms with Gasteiger partial charge >= 0.3 is 0 Å². The lowest BCUT2D eigenvalue weighted by Gasteiger charge is -2.30. The highest BCUT2D eigenvalue weighted by Gasteiger charge is 2.20. The van der Waals surface area contributed by atoms with Crippen molar-refractivity contribution in [3.8, 4) is 12.1 Å². The second-order valence-corrected chi connectivity index (χ2v) is 17.7. The van der Waals surface area contributed by atoms with E-state index in [1.54, 1.807) is 0 Å². The molecule has 0 unspecified atom stereocenters. The van der Waals surface area contributed by atoms with Crippen LogP contribution >= 0.6 is 0 Å². The zero-order valence-electron chi connectivity index (χ0n) is 40.9. The van der Waals surface area contributed by atoms with Gasteiger partial charge in [-0.15, -0.1) is 0 Å². The van der Waals surface area contributed by atoms with Crippen LogP contribution < -0.4 is 24.5 Å². The van der Waals surface area contributed by atoms with Crippen molar-refractivity contribution in [3.05, 3.63) is 308 Å². The number of nitriles is 2. The molecule has 0 aliphatic carbocycles. The normalized spacial score (nSPS) is 10.6. The molecule has 0 amide bonds. The molecule has 11 rings (SSSR count). The summed E-state index contributed by atoms with van der Waals surface area (Å²) in [4.78, 5) is 11.3. The van der Waals surface area contributed by atoms with Crippen molar-refractivity contribution in [2.24, 2.45) is 0 Å². The Balaban J connectivity index is 0.912. The van der Waals surface area contributed by atoms with E-state index in [-0.39, 0.29) is 0 Å². The molecule has 0 aliphatic heterocycles. The van der Waals surface area contributed by atoms with Gasteiger partial charge in [0, 0.05) is 85.3 Å². The molecule has 0 heterocycles. The van der Waals surface area contributed by atoms with Crippen LogP contribution in [0.2, 0.25) is 0 Å². The molecule has 0 saturated heterocycles. The Bertz CT molecular complexity index is 3450.